The predicted molar refractivity (Wildman–Crippen MR) is 192 cm³/mol. The van der Waals surface area contributed by atoms with Gasteiger partial charge in [0, 0.05) is 12.2 Å². The Morgan fingerprint density at radius 2 is 1.61 bits per heavy atom. The number of hydrogen-bond donors (Lipinski definition) is 3. The summed E-state index contributed by atoms with van der Waals surface area (Å²) in [6, 6.07) is 13.6. The zero-order valence-corrected chi connectivity index (χ0v) is 29.9. The molecule has 0 unspecified atom stereocenters. The molecular formula is C39H53N5O5. The van der Waals surface area contributed by atoms with Crippen molar-refractivity contribution in [1.82, 2.24) is 20.0 Å². The SMILES string of the molecule is CCN(CC)CCCNc1ccc(-n2nc(C(=O)NC3(C(=O)O)C4CC5CC(C4)CC3C5)cc2-c2c(OC)cccc2OC)c(C(C)C)c1. The number of carboxylic acid groups (broad SMARTS) is 1. The molecule has 4 fully saturated rings. The quantitative estimate of drug-likeness (QED) is 0.151. The van der Waals surface area contributed by atoms with Crippen molar-refractivity contribution in [2.75, 3.05) is 45.7 Å². The van der Waals surface area contributed by atoms with Crippen LogP contribution in [0.1, 0.15) is 88.2 Å². The minimum absolute atomic E-state index is 0.0688. The summed E-state index contributed by atoms with van der Waals surface area (Å²) in [6.45, 7) is 12.7. The maximum absolute atomic E-state index is 14.3. The predicted octanol–water partition coefficient (Wildman–Crippen LogP) is 6.83. The molecule has 2 aromatic carbocycles. The Labute approximate surface area is 290 Å². The van der Waals surface area contributed by atoms with E-state index >= 15 is 0 Å². The second-order valence-corrected chi connectivity index (χ2v) is 14.5. The first-order valence-corrected chi connectivity index (χ1v) is 18.1. The van der Waals surface area contributed by atoms with Gasteiger partial charge in [-0.2, -0.15) is 5.10 Å². The third kappa shape index (κ3) is 6.52. The van der Waals surface area contributed by atoms with Crippen LogP contribution in [0.4, 0.5) is 5.69 Å². The van der Waals surface area contributed by atoms with Crippen LogP contribution in [0.25, 0.3) is 16.9 Å². The van der Waals surface area contributed by atoms with Crippen LogP contribution in [0.3, 0.4) is 0 Å². The van der Waals surface area contributed by atoms with Crippen molar-refractivity contribution >= 4 is 17.6 Å². The van der Waals surface area contributed by atoms with Gasteiger partial charge in [0.1, 0.15) is 17.0 Å². The first-order chi connectivity index (χ1) is 23.6. The molecule has 0 aliphatic heterocycles. The van der Waals surface area contributed by atoms with E-state index in [0.717, 1.165) is 75.2 Å². The molecule has 1 amide bonds. The minimum Gasteiger partial charge on any atom is -0.496 e. The summed E-state index contributed by atoms with van der Waals surface area (Å²) in [5, 5.41) is 22.3. The number of carbonyl (C=O) groups is 2. The van der Waals surface area contributed by atoms with Crippen molar-refractivity contribution in [2.45, 2.75) is 77.7 Å². The fraction of sp³-hybridized carbons (Fsp3) is 0.564. The molecule has 3 aromatic rings. The molecule has 10 nitrogen and oxygen atoms in total. The zero-order chi connectivity index (χ0) is 34.9. The first-order valence-electron chi connectivity index (χ1n) is 18.1. The Hall–Kier alpha value is -4.05. The van der Waals surface area contributed by atoms with Crippen molar-refractivity contribution in [2.24, 2.45) is 23.7 Å². The summed E-state index contributed by atoms with van der Waals surface area (Å²) in [7, 11) is 3.21. The van der Waals surface area contributed by atoms with Crippen LogP contribution in [0, 0.1) is 23.7 Å². The van der Waals surface area contributed by atoms with Gasteiger partial charge < -0.3 is 30.1 Å². The van der Waals surface area contributed by atoms with Gasteiger partial charge in [-0.3, -0.25) is 4.79 Å². The van der Waals surface area contributed by atoms with Crippen LogP contribution in [-0.2, 0) is 4.79 Å². The topological polar surface area (TPSA) is 118 Å². The highest BCUT2D eigenvalue weighted by atomic mass is 16.5. The van der Waals surface area contributed by atoms with E-state index in [2.05, 4.69) is 55.4 Å². The number of ether oxygens (including phenoxy) is 2. The molecule has 0 saturated heterocycles. The second-order valence-electron chi connectivity index (χ2n) is 14.5. The van der Waals surface area contributed by atoms with Crippen molar-refractivity contribution in [3.05, 3.63) is 53.7 Å². The number of aliphatic carboxylic acids is 1. The van der Waals surface area contributed by atoms with Crippen LogP contribution >= 0.6 is 0 Å². The molecule has 3 N–H and O–H groups in total. The largest absolute Gasteiger partial charge is 0.496 e. The van der Waals surface area contributed by atoms with Gasteiger partial charge in [-0.05, 0) is 130 Å². The van der Waals surface area contributed by atoms with Gasteiger partial charge in [-0.25, -0.2) is 9.48 Å². The summed E-state index contributed by atoms with van der Waals surface area (Å²) >= 11 is 0. The first kappa shape index (κ1) is 34.8. The smallest absolute Gasteiger partial charge is 0.330 e. The molecular weight excluding hydrogens is 618 g/mol. The summed E-state index contributed by atoms with van der Waals surface area (Å²) in [6.07, 6.45) is 5.64. The third-order valence-corrected chi connectivity index (χ3v) is 11.5. The van der Waals surface area contributed by atoms with Crippen LogP contribution < -0.4 is 20.1 Å². The molecule has 0 radical (unpaired) electrons. The molecule has 49 heavy (non-hydrogen) atoms. The van der Waals surface area contributed by atoms with Crippen LogP contribution in [-0.4, -0.2) is 77.6 Å². The highest BCUT2D eigenvalue weighted by molar-refractivity contribution is 5.98. The molecule has 0 spiro atoms. The Balaban J connectivity index is 1.39. The molecule has 4 aliphatic carbocycles. The number of aromatic nitrogens is 2. The maximum Gasteiger partial charge on any atom is 0.330 e. The number of carbonyl (C=O) groups excluding carboxylic acids is 1. The number of rotatable bonds is 15. The van der Waals surface area contributed by atoms with E-state index in [-0.39, 0.29) is 23.4 Å². The van der Waals surface area contributed by atoms with Crippen molar-refractivity contribution in [3.63, 3.8) is 0 Å². The van der Waals surface area contributed by atoms with E-state index in [1.807, 2.05) is 24.3 Å². The number of benzene rings is 2. The third-order valence-electron chi connectivity index (χ3n) is 11.5. The Morgan fingerprint density at radius 3 is 2.16 bits per heavy atom. The van der Waals surface area contributed by atoms with Gasteiger partial charge in [-0.15, -0.1) is 0 Å². The second kappa shape index (κ2) is 14.4. The van der Waals surface area contributed by atoms with Crippen molar-refractivity contribution in [3.8, 4) is 28.4 Å². The highest BCUT2D eigenvalue weighted by Gasteiger charge is 2.62. The van der Waals surface area contributed by atoms with Gasteiger partial charge in [-0.1, -0.05) is 33.8 Å². The van der Waals surface area contributed by atoms with Gasteiger partial charge in [0.05, 0.1) is 31.2 Å². The number of nitrogens with one attached hydrogen (secondary N) is 2. The van der Waals surface area contributed by atoms with Gasteiger partial charge in [0.15, 0.2) is 5.69 Å². The lowest BCUT2D eigenvalue weighted by molar-refractivity contribution is -0.163. The Morgan fingerprint density at radius 1 is 0.980 bits per heavy atom. The van der Waals surface area contributed by atoms with E-state index in [4.69, 9.17) is 14.6 Å². The molecule has 1 aromatic heterocycles. The highest BCUT2D eigenvalue weighted by Crippen LogP contribution is 2.58. The Kier molecular flexibility index (Phi) is 10.2. The molecule has 1 heterocycles. The Bertz CT molecular complexity index is 1610. The van der Waals surface area contributed by atoms with Crippen LogP contribution in [0.15, 0.2) is 42.5 Å². The normalized spacial score (nSPS) is 24.0. The summed E-state index contributed by atoms with van der Waals surface area (Å²) in [5.74, 6) is 0.881. The number of anilines is 1. The zero-order valence-electron chi connectivity index (χ0n) is 29.9. The van der Waals surface area contributed by atoms with Crippen LogP contribution in [0.5, 0.6) is 11.5 Å². The lowest BCUT2D eigenvalue weighted by Crippen LogP contribution is -2.70. The van der Waals surface area contributed by atoms with E-state index in [9.17, 15) is 14.7 Å². The molecule has 4 bridgehead atoms. The summed E-state index contributed by atoms with van der Waals surface area (Å²) < 4.78 is 13.4. The fourth-order valence-electron chi connectivity index (χ4n) is 9.14. The monoisotopic (exact) mass is 671 g/mol. The minimum atomic E-state index is -1.28. The van der Waals surface area contributed by atoms with E-state index in [1.165, 1.54) is 6.42 Å². The molecule has 4 aliphatic rings. The van der Waals surface area contributed by atoms with E-state index in [1.54, 1.807) is 25.0 Å². The average molecular weight is 672 g/mol. The molecule has 10 heteroatoms. The van der Waals surface area contributed by atoms with E-state index in [0.29, 0.717) is 34.6 Å². The lowest BCUT2D eigenvalue weighted by Gasteiger charge is -2.59. The standard InChI is InChI=1S/C39H53N5O5/c1-7-43(8-2)16-10-15-40-29-13-14-32(30(22-29)24(3)4)44-33(36-34(48-5)11-9-12-35(36)49-6)23-31(42-44)37(45)41-39(38(46)47)27-18-25-17-26(20-27)21-28(39)19-25/h9,11-14,22-28,40H,7-8,10,15-21H2,1-6H3,(H,41,45)(H,46,47). The molecule has 0 atom stereocenters. The molecule has 4 saturated carbocycles. The number of carboxylic acids is 1. The molecule has 7 rings (SSSR count). The number of nitrogens with zero attached hydrogens (tertiary/aromatic N) is 3. The van der Waals surface area contributed by atoms with Crippen molar-refractivity contribution < 1.29 is 24.2 Å². The maximum atomic E-state index is 14.3. The van der Waals surface area contributed by atoms with Crippen LogP contribution in [0.2, 0.25) is 0 Å². The summed E-state index contributed by atoms with van der Waals surface area (Å²) in [5.41, 5.74) is 3.07. The fourth-order valence-corrected chi connectivity index (χ4v) is 9.14. The summed E-state index contributed by atoms with van der Waals surface area (Å²) in [4.78, 5) is 29.8. The van der Waals surface area contributed by atoms with E-state index < -0.39 is 17.4 Å². The van der Waals surface area contributed by atoms with Gasteiger partial charge in [0.25, 0.3) is 5.91 Å². The lowest BCUT2D eigenvalue weighted by atomic mass is 9.48. The number of methoxy groups -OCH3 is 2. The van der Waals surface area contributed by atoms with Gasteiger partial charge in [0.2, 0.25) is 0 Å². The molecule has 264 valence electrons. The average Bonchev–Trinajstić information content (AvgIpc) is 3.54. The number of amides is 1. The van der Waals surface area contributed by atoms with Gasteiger partial charge >= 0.3 is 5.97 Å². The number of hydrogen-bond acceptors (Lipinski definition) is 7. The van der Waals surface area contributed by atoms with Crippen molar-refractivity contribution in [1.29, 1.82) is 0 Å².